The Morgan fingerprint density at radius 1 is 1.25 bits per heavy atom. The van der Waals surface area contributed by atoms with E-state index in [1.54, 1.807) is 56.4 Å². The number of nitrogens with one attached hydrogen (secondary N) is 1. The van der Waals surface area contributed by atoms with Crippen molar-refractivity contribution < 1.29 is 19.1 Å². The summed E-state index contributed by atoms with van der Waals surface area (Å²) >= 11 is 0. The van der Waals surface area contributed by atoms with Gasteiger partial charge in [0.1, 0.15) is 11.5 Å². The Morgan fingerprint density at radius 3 is 2.75 bits per heavy atom. The molecule has 0 spiro atoms. The number of hydrogen-bond donors (Lipinski definition) is 1. The molecule has 1 unspecified atom stereocenters. The molecule has 0 saturated carbocycles. The predicted molar refractivity (Wildman–Crippen MR) is 90.9 cm³/mol. The van der Waals surface area contributed by atoms with Crippen LogP contribution in [0.1, 0.15) is 17.3 Å². The SMILES string of the molecule is COc1ccccc1C(=O)Nc1ccc2c(c1)N(C)C(=O)C(C)O2. The number of rotatable bonds is 3. The van der Waals surface area contributed by atoms with Crippen LogP contribution in [-0.4, -0.2) is 32.1 Å². The lowest BCUT2D eigenvalue weighted by atomic mass is 10.1. The molecule has 3 rings (SSSR count). The van der Waals surface area contributed by atoms with Crippen LogP contribution in [0.5, 0.6) is 11.5 Å². The second-order valence-electron chi connectivity index (χ2n) is 5.49. The molecule has 1 heterocycles. The Balaban J connectivity index is 1.87. The van der Waals surface area contributed by atoms with E-state index in [2.05, 4.69) is 5.32 Å². The summed E-state index contributed by atoms with van der Waals surface area (Å²) in [5.41, 5.74) is 1.63. The standard InChI is InChI=1S/C18H18N2O4/c1-11-18(22)20(2)14-10-12(8-9-16(14)24-11)19-17(21)13-6-4-5-7-15(13)23-3/h4-11H,1-3H3,(H,19,21). The van der Waals surface area contributed by atoms with E-state index < -0.39 is 6.10 Å². The fraction of sp³-hybridized carbons (Fsp3) is 0.222. The van der Waals surface area contributed by atoms with Crippen molar-refractivity contribution in [3.63, 3.8) is 0 Å². The predicted octanol–water partition coefficient (Wildman–Crippen LogP) is 2.69. The maximum absolute atomic E-state index is 12.5. The summed E-state index contributed by atoms with van der Waals surface area (Å²) in [4.78, 5) is 26.0. The molecule has 1 aliphatic rings. The molecule has 24 heavy (non-hydrogen) atoms. The average molecular weight is 326 g/mol. The van der Waals surface area contributed by atoms with Crippen LogP contribution < -0.4 is 19.7 Å². The zero-order valence-electron chi connectivity index (χ0n) is 13.7. The third-order valence-corrected chi connectivity index (χ3v) is 3.91. The smallest absolute Gasteiger partial charge is 0.267 e. The zero-order valence-corrected chi connectivity index (χ0v) is 13.7. The van der Waals surface area contributed by atoms with Crippen LogP contribution in [0.15, 0.2) is 42.5 Å². The zero-order chi connectivity index (χ0) is 17.3. The molecular formula is C18H18N2O4. The van der Waals surface area contributed by atoms with Crippen molar-refractivity contribution in [1.29, 1.82) is 0 Å². The molecule has 1 aliphatic heterocycles. The quantitative estimate of drug-likeness (QED) is 0.941. The van der Waals surface area contributed by atoms with E-state index in [4.69, 9.17) is 9.47 Å². The summed E-state index contributed by atoms with van der Waals surface area (Å²) < 4.78 is 10.8. The van der Waals surface area contributed by atoms with E-state index in [1.807, 2.05) is 0 Å². The molecule has 1 atom stereocenters. The third-order valence-electron chi connectivity index (χ3n) is 3.91. The second kappa shape index (κ2) is 6.23. The minimum absolute atomic E-state index is 0.129. The number of amides is 2. The first-order chi connectivity index (χ1) is 11.5. The van der Waals surface area contributed by atoms with Gasteiger partial charge in [0.15, 0.2) is 6.10 Å². The lowest BCUT2D eigenvalue weighted by Gasteiger charge is -2.30. The van der Waals surface area contributed by atoms with Crippen molar-refractivity contribution in [2.75, 3.05) is 24.4 Å². The molecule has 6 heteroatoms. The number of ether oxygens (including phenoxy) is 2. The van der Waals surface area contributed by atoms with Gasteiger partial charge in [-0.2, -0.15) is 0 Å². The highest BCUT2D eigenvalue weighted by Gasteiger charge is 2.29. The van der Waals surface area contributed by atoms with Crippen molar-refractivity contribution in [1.82, 2.24) is 0 Å². The van der Waals surface area contributed by atoms with Gasteiger partial charge in [0.2, 0.25) is 0 Å². The van der Waals surface area contributed by atoms with E-state index in [-0.39, 0.29) is 11.8 Å². The first-order valence-corrected chi connectivity index (χ1v) is 7.54. The van der Waals surface area contributed by atoms with E-state index in [1.165, 1.54) is 12.0 Å². The fourth-order valence-electron chi connectivity index (χ4n) is 2.62. The third kappa shape index (κ3) is 2.78. The Hall–Kier alpha value is -3.02. The first kappa shape index (κ1) is 15.9. The van der Waals surface area contributed by atoms with Gasteiger partial charge >= 0.3 is 0 Å². The largest absolute Gasteiger partial charge is 0.496 e. The van der Waals surface area contributed by atoms with Gasteiger partial charge in [0.05, 0.1) is 18.4 Å². The van der Waals surface area contributed by atoms with Crippen LogP contribution in [0.2, 0.25) is 0 Å². The Kier molecular flexibility index (Phi) is 4.12. The number of anilines is 2. The average Bonchev–Trinajstić information content (AvgIpc) is 2.60. The number of para-hydroxylation sites is 1. The molecule has 0 aliphatic carbocycles. The number of likely N-dealkylation sites (N-methyl/N-ethyl adjacent to an activating group) is 1. The summed E-state index contributed by atoms with van der Waals surface area (Å²) in [5, 5.41) is 2.82. The molecule has 6 nitrogen and oxygen atoms in total. The highest BCUT2D eigenvalue weighted by Crippen LogP contribution is 2.35. The van der Waals surface area contributed by atoms with Gasteiger partial charge in [0, 0.05) is 12.7 Å². The summed E-state index contributed by atoms with van der Waals surface area (Å²) in [6, 6.07) is 12.2. The lowest BCUT2D eigenvalue weighted by Crippen LogP contribution is -2.41. The molecule has 2 aromatic carbocycles. The van der Waals surface area contributed by atoms with Crippen molar-refractivity contribution in [2.24, 2.45) is 0 Å². The van der Waals surface area contributed by atoms with Crippen LogP contribution in [0.4, 0.5) is 11.4 Å². The van der Waals surface area contributed by atoms with Gasteiger partial charge in [0.25, 0.3) is 11.8 Å². The van der Waals surface area contributed by atoms with Crippen molar-refractivity contribution in [3.05, 3.63) is 48.0 Å². The van der Waals surface area contributed by atoms with Gasteiger partial charge in [-0.15, -0.1) is 0 Å². The molecule has 0 aromatic heterocycles. The van der Waals surface area contributed by atoms with E-state index in [0.29, 0.717) is 28.4 Å². The maximum atomic E-state index is 12.5. The van der Waals surface area contributed by atoms with Gasteiger partial charge < -0.3 is 19.7 Å². The topological polar surface area (TPSA) is 67.9 Å². The van der Waals surface area contributed by atoms with Crippen LogP contribution >= 0.6 is 0 Å². The monoisotopic (exact) mass is 326 g/mol. The van der Waals surface area contributed by atoms with Crippen molar-refractivity contribution in [2.45, 2.75) is 13.0 Å². The van der Waals surface area contributed by atoms with Gasteiger partial charge in [-0.05, 0) is 37.3 Å². The van der Waals surface area contributed by atoms with Gasteiger partial charge in [-0.1, -0.05) is 12.1 Å². The number of carbonyl (C=O) groups is 2. The van der Waals surface area contributed by atoms with E-state index >= 15 is 0 Å². The molecular weight excluding hydrogens is 308 g/mol. The number of fused-ring (bicyclic) bond motifs is 1. The number of nitrogens with zero attached hydrogens (tertiary/aromatic N) is 1. The summed E-state index contributed by atoms with van der Waals surface area (Å²) in [5.74, 6) is 0.694. The van der Waals surface area contributed by atoms with Crippen LogP contribution in [0.25, 0.3) is 0 Å². The highest BCUT2D eigenvalue weighted by molar-refractivity contribution is 6.07. The Morgan fingerprint density at radius 2 is 2.00 bits per heavy atom. The molecule has 2 amide bonds. The van der Waals surface area contributed by atoms with Crippen molar-refractivity contribution >= 4 is 23.2 Å². The number of hydrogen-bond acceptors (Lipinski definition) is 4. The summed E-state index contributed by atoms with van der Waals surface area (Å²) in [6.07, 6.45) is -0.517. The molecule has 1 N–H and O–H groups in total. The first-order valence-electron chi connectivity index (χ1n) is 7.54. The molecule has 0 radical (unpaired) electrons. The van der Waals surface area contributed by atoms with Crippen LogP contribution in [-0.2, 0) is 4.79 Å². The van der Waals surface area contributed by atoms with Gasteiger partial charge in [-0.25, -0.2) is 0 Å². The summed E-state index contributed by atoms with van der Waals surface area (Å²) in [6.45, 7) is 1.71. The fourth-order valence-corrected chi connectivity index (χ4v) is 2.62. The van der Waals surface area contributed by atoms with Crippen molar-refractivity contribution in [3.8, 4) is 11.5 Å². The number of benzene rings is 2. The molecule has 0 saturated heterocycles. The number of carbonyl (C=O) groups excluding carboxylic acids is 2. The highest BCUT2D eigenvalue weighted by atomic mass is 16.5. The summed E-state index contributed by atoms with van der Waals surface area (Å²) in [7, 11) is 3.20. The normalized spacial score (nSPS) is 16.2. The molecule has 124 valence electrons. The van der Waals surface area contributed by atoms with E-state index in [9.17, 15) is 9.59 Å². The number of methoxy groups -OCH3 is 1. The molecule has 0 bridgehead atoms. The second-order valence-corrected chi connectivity index (χ2v) is 5.49. The molecule has 2 aromatic rings. The lowest BCUT2D eigenvalue weighted by molar-refractivity contribution is -0.125. The Bertz CT molecular complexity index is 803. The minimum Gasteiger partial charge on any atom is -0.496 e. The van der Waals surface area contributed by atoms with E-state index in [0.717, 1.165) is 0 Å². The maximum Gasteiger partial charge on any atom is 0.267 e. The Labute approximate surface area is 140 Å². The van der Waals surface area contributed by atoms with Crippen LogP contribution in [0.3, 0.4) is 0 Å². The molecule has 0 fully saturated rings. The minimum atomic E-state index is -0.517. The van der Waals surface area contributed by atoms with Crippen LogP contribution in [0, 0.1) is 0 Å². The van der Waals surface area contributed by atoms with Gasteiger partial charge in [-0.3, -0.25) is 9.59 Å².